The van der Waals surface area contributed by atoms with Gasteiger partial charge in [0.2, 0.25) is 0 Å². The van der Waals surface area contributed by atoms with Crippen molar-refractivity contribution in [3.05, 3.63) is 40.6 Å². The molecular formula is C13H14BrN3O2. The number of halogens is 1. The Labute approximate surface area is 119 Å². The quantitative estimate of drug-likeness (QED) is 0.853. The second-order valence-corrected chi connectivity index (χ2v) is 4.98. The molecule has 5 nitrogen and oxygen atoms in total. The monoisotopic (exact) mass is 323 g/mol. The number of hydrogen-bond donors (Lipinski definition) is 2. The number of hydrogen-bond acceptors (Lipinski definition) is 3. The molecule has 0 saturated carbocycles. The van der Waals surface area contributed by atoms with Gasteiger partial charge in [0.05, 0.1) is 18.5 Å². The van der Waals surface area contributed by atoms with Crippen LogP contribution in [0.3, 0.4) is 0 Å². The molecule has 0 aliphatic heterocycles. The van der Waals surface area contributed by atoms with Crippen LogP contribution in [0.5, 0.6) is 5.75 Å². The van der Waals surface area contributed by atoms with E-state index in [1.54, 1.807) is 43.0 Å². The minimum atomic E-state index is -0.229. The smallest absolute Gasteiger partial charge is 0.272 e. The Morgan fingerprint density at radius 3 is 2.74 bits per heavy atom. The van der Waals surface area contributed by atoms with Crippen molar-refractivity contribution >= 4 is 33.2 Å². The predicted octanol–water partition coefficient (Wildman–Crippen LogP) is 2.63. The lowest BCUT2D eigenvalue weighted by Crippen LogP contribution is -2.16. The highest BCUT2D eigenvalue weighted by Gasteiger charge is 2.13. The fourth-order valence-electron chi connectivity index (χ4n) is 1.71. The number of aromatic nitrogens is 1. The second kappa shape index (κ2) is 5.36. The Morgan fingerprint density at radius 2 is 2.16 bits per heavy atom. The summed E-state index contributed by atoms with van der Waals surface area (Å²) in [4.78, 5) is 12.2. The maximum Gasteiger partial charge on any atom is 0.272 e. The number of anilines is 2. The van der Waals surface area contributed by atoms with E-state index in [1.165, 1.54) is 0 Å². The number of aryl methyl sites for hydroxylation is 1. The van der Waals surface area contributed by atoms with Crippen molar-refractivity contribution in [3.8, 4) is 5.75 Å². The summed E-state index contributed by atoms with van der Waals surface area (Å²) < 4.78 is 7.68. The van der Waals surface area contributed by atoms with Gasteiger partial charge in [-0.1, -0.05) is 0 Å². The number of ether oxygens (including phenoxy) is 1. The van der Waals surface area contributed by atoms with Gasteiger partial charge in [0.15, 0.2) is 0 Å². The van der Waals surface area contributed by atoms with Crippen molar-refractivity contribution in [2.24, 2.45) is 7.05 Å². The molecule has 19 heavy (non-hydrogen) atoms. The highest BCUT2D eigenvalue weighted by Crippen LogP contribution is 2.25. The molecule has 1 amide bonds. The van der Waals surface area contributed by atoms with Gasteiger partial charge >= 0.3 is 0 Å². The average Bonchev–Trinajstić information content (AvgIpc) is 2.71. The summed E-state index contributed by atoms with van der Waals surface area (Å²) in [6, 6.07) is 6.86. The fraction of sp³-hybridized carbons (Fsp3) is 0.154. The molecule has 0 aliphatic carbocycles. The topological polar surface area (TPSA) is 69.3 Å². The molecule has 1 heterocycles. The number of amides is 1. The molecule has 1 aromatic carbocycles. The molecule has 0 atom stereocenters. The van der Waals surface area contributed by atoms with Crippen molar-refractivity contribution in [2.45, 2.75) is 0 Å². The number of nitrogens with one attached hydrogen (secondary N) is 1. The molecule has 3 N–H and O–H groups in total. The van der Waals surface area contributed by atoms with E-state index >= 15 is 0 Å². The molecule has 2 rings (SSSR count). The van der Waals surface area contributed by atoms with Crippen molar-refractivity contribution < 1.29 is 9.53 Å². The third-order valence-electron chi connectivity index (χ3n) is 2.71. The Hall–Kier alpha value is -1.95. The van der Waals surface area contributed by atoms with Gasteiger partial charge in [-0.15, -0.1) is 0 Å². The van der Waals surface area contributed by atoms with Crippen LogP contribution < -0.4 is 15.8 Å². The van der Waals surface area contributed by atoms with Crippen LogP contribution in [0.25, 0.3) is 0 Å². The molecule has 0 unspecified atom stereocenters. The van der Waals surface area contributed by atoms with Gasteiger partial charge in [-0.2, -0.15) is 0 Å². The van der Waals surface area contributed by atoms with E-state index in [9.17, 15) is 4.79 Å². The Bertz CT molecular complexity index is 622. The third kappa shape index (κ3) is 2.90. The minimum Gasteiger partial charge on any atom is -0.497 e. The normalized spacial score (nSPS) is 10.3. The van der Waals surface area contributed by atoms with Crippen LogP contribution in [0.15, 0.2) is 34.9 Å². The summed E-state index contributed by atoms with van der Waals surface area (Å²) in [6.45, 7) is 0. The van der Waals surface area contributed by atoms with Crippen LogP contribution in [0.1, 0.15) is 10.5 Å². The Balaban J connectivity index is 2.26. The third-order valence-corrected chi connectivity index (χ3v) is 3.15. The summed E-state index contributed by atoms with van der Waals surface area (Å²) in [6.07, 6.45) is 1.81. The van der Waals surface area contributed by atoms with Gasteiger partial charge in [-0.25, -0.2) is 0 Å². The van der Waals surface area contributed by atoms with Gasteiger partial charge in [-0.3, -0.25) is 4.79 Å². The molecule has 6 heteroatoms. The lowest BCUT2D eigenvalue weighted by atomic mass is 10.2. The number of methoxy groups -OCH3 is 1. The Kier molecular flexibility index (Phi) is 3.80. The van der Waals surface area contributed by atoms with E-state index in [0.717, 1.165) is 4.47 Å². The van der Waals surface area contributed by atoms with E-state index in [0.29, 0.717) is 22.8 Å². The van der Waals surface area contributed by atoms with Crippen molar-refractivity contribution in [2.75, 3.05) is 18.2 Å². The molecule has 1 aromatic heterocycles. The fourth-order valence-corrected chi connectivity index (χ4v) is 2.23. The molecule has 0 saturated heterocycles. The lowest BCUT2D eigenvalue weighted by molar-refractivity contribution is 0.101. The van der Waals surface area contributed by atoms with Gasteiger partial charge < -0.3 is 20.4 Å². The highest BCUT2D eigenvalue weighted by atomic mass is 79.9. The van der Waals surface area contributed by atoms with Crippen LogP contribution in [-0.4, -0.2) is 17.6 Å². The number of nitrogens with zero attached hydrogens (tertiary/aromatic N) is 1. The van der Waals surface area contributed by atoms with Crippen molar-refractivity contribution in [1.82, 2.24) is 4.57 Å². The van der Waals surface area contributed by atoms with Gasteiger partial charge in [0.1, 0.15) is 11.4 Å². The second-order valence-electron chi connectivity index (χ2n) is 4.06. The first-order chi connectivity index (χ1) is 9.01. The lowest BCUT2D eigenvalue weighted by Gasteiger charge is -2.10. The SMILES string of the molecule is COc1ccc(N)c(NC(=O)c2cc(Br)cn2C)c1. The standard InChI is InChI=1S/C13H14BrN3O2/c1-17-7-8(14)5-12(17)13(18)16-11-6-9(19-2)3-4-10(11)15/h3-7H,15H2,1-2H3,(H,16,18). The van der Waals surface area contributed by atoms with Crippen LogP contribution in [0, 0.1) is 0 Å². The summed E-state index contributed by atoms with van der Waals surface area (Å²) in [5.41, 5.74) is 7.38. The first-order valence-electron chi connectivity index (χ1n) is 5.58. The summed E-state index contributed by atoms with van der Waals surface area (Å²) in [5, 5.41) is 2.77. The van der Waals surface area contributed by atoms with E-state index < -0.39 is 0 Å². The molecule has 100 valence electrons. The highest BCUT2D eigenvalue weighted by molar-refractivity contribution is 9.10. The van der Waals surface area contributed by atoms with Crippen LogP contribution in [0.4, 0.5) is 11.4 Å². The maximum atomic E-state index is 12.2. The van der Waals surface area contributed by atoms with E-state index in [2.05, 4.69) is 21.2 Å². The number of carbonyl (C=O) groups is 1. The average molecular weight is 324 g/mol. The van der Waals surface area contributed by atoms with Gasteiger partial charge in [0, 0.05) is 23.8 Å². The first kappa shape index (κ1) is 13.5. The summed E-state index contributed by atoms with van der Waals surface area (Å²) >= 11 is 3.33. The number of benzene rings is 1. The molecule has 2 aromatic rings. The number of carbonyl (C=O) groups excluding carboxylic acids is 1. The van der Waals surface area contributed by atoms with Crippen molar-refractivity contribution in [1.29, 1.82) is 0 Å². The van der Waals surface area contributed by atoms with E-state index in [4.69, 9.17) is 10.5 Å². The molecular weight excluding hydrogens is 310 g/mol. The zero-order valence-corrected chi connectivity index (χ0v) is 12.2. The number of rotatable bonds is 3. The first-order valence-corrected chi connectivity index (χ1v) is 6.37. The van der Waals surface area contributed by atoms with Crippen LogP contribution in [0.2, 0.25) is 0 Å². The molecule has 0 bridgehead atoms. The zero-order valence-electron chi connectivity index (χ0n) is 10.6. The molecule has 0 spiro atoms. The molecule has 0 aliphatic rings. The molecule has 0 radical (unpaired) electrons. The number of nitrogens with two attached hydrogens (primary N) is 1. The van der Waals surface area contributed by atoms with Gasteiger partial charge in [-0.05, 0) is 34.1 Å². The van der Waals surface area contributed by atoms with Gasteiger partial charge in [0.25, 0.3) is 5.91 Å². The van der Waals surface area contributed by atoms with E-state index in [1.807, 2.05) is 6.20 Å². The zero-order chi connectivity index (χ0) is 14.0. The van der Waals surface area contributed by atoms with E-state index in [-0.39, 0.29) is 5.91 Å². The van der Waals surface area contributed by atoms with Crippen molar-refractivity contribution in [3.63, 3.8) is 0 Å². The van der Waals surface area contributed by atoms with Crippen LogP contribution in [-0.2, 0) is 7.05 Å². The summed E-state index contributed by atoms with van der Waals surface area (Å²) in [5.74, 6) is 0.408. The summed E-state index contributed by atoms with van der Waals surface area (Å²) in [7, 11) is 3.36. The molecule has 0 fully saturated rings. The largest absolute Gasteiger partial charge is 0.497 e. The Morgan fingerprint density at radius 1 is 1.42 bits per heavy atom. The van der Waals surface area contributed by atoms with Crippen LogP contribution >= 0.6 is 15.9 Å². The minimum absolute atomic E-state index is 0.229. The maximum absolute atomic E-state index is 12.2. The predicted molar refractivity (Wildman–Crippen MR) is 78.5 cm³/mol. The number of nitrogen functional groups attached to an aromatic ring is 1.